The zero-order chi connectivity index (χ0) is 27.8. The molecule has 40 heavy (non-hydrogen) atoms. The Bertz CT molecular complexity index is 1670. The number of non-ortho nitro benzene ring substituents is 1. The van der Waals surface area contributed by atoms with Crippen LogP contribution >= 0.6 is 35.3 Å². The van der Waals surface area contributed by atoms with Crippen LogP contribution in [0.5, 0.6) is 0 Å². The third-order valence-electron chi connectivity index (χ3n) is 6.90. The van der Waals surface area contributed by atoms with E-state index < -0.39 is 0 Å². The van der Waals surface area contributed by atoms with Crippen molar-refractivity contribution in [2.45, 2.75) is 35.7 Å². The number of aromatic nitrogens is 3. The summed E-state index contributed by atoms with van der Waals surface area (Å²) in [5.74, 6) is 0. The van der Waals surface area contributed by atoms with Crippen molar-refractivity contribution in [2.24, 2.45) is 0 Å². The van der Waals surface area contributed by atoms with Crippen LogP contribution in [0.15, 0.2) is 100 Å². The Kier molecular flexibility index (Phi) is 7.09. The molecule has 1 N–H and O–H groups in total. The molecule has 4 heterocycles. The maximum Gasteiger partial charge on any atom is 0.269 e. The molecule has 8 nitrogen and oxygen atoms in total. The van der Waals surface area contributed by atoms with Crippen LogP contribution in [0.1, 0.15) is 34.7 Å². The third kappa shape index (κ3) is 4.87. The minimum atomic E-state index is -0.390. The van der Waals surface area contributed by atoms with Crippen LogP contribution in [0, 0.1) is 24.0 Å². The Labute approximate surface area is 244 Å². The molecule has 0 saturated carbocycles. The predicted molar refractivity (Wildman–Crippen MR) is 163 cm³/mol. The van der Waals surface area contributed by atoms with Gasteiger partial charge < -0.3 is 10.2 Å². The van der Waals surface area contributed by atoms with Gasteiger partial charge in [0.2, 0.25) is 0 Å². The van der Waals surface area contributed by atoms with E-state index in [2.05, 4.69) is 56.8 Å². The first-order chi connectivity index (χ1) is 19.4. The first-order valence-corrected chi connectivity index (χ1v) is 14.6. The molecule has 1 aliphatic rings. The molecule has 0 spiro atoms. The fourth-order valence-corrected chi connectivity index (χ4v) is 7.02. The summed E-state index contributed by atoms with van der Waals surface area (Å²) in [6.07, 6.45) is 3.63. The van der Waals surface area contributed by atoms with E-state index in [4.69, 9.17) is 12.2 Å². The fourth-order valence-electron chi connectivity index (χ4n) is 5.10. The van der Waals surface area contributed by atoms with Gasteiger partial charge in [-0.05, 0) is 86.2 Å². The van der Waals surface area contributed by atoms with Gasteiger partial charge in [0.1, 0.15) is 0 Å². The van der Waals surface area contributed by atoms with Gasteiger partial charge in [-0.2, -0.15) is 0 Å². The Morgan fingerprint density at radius 1 is 1.00 bits per heavy atom. The minimum Gasteiger partial charge on any atom is -0.351 e. The van der Waals surface area contributed by atoms with E-state index in [0.717, 1.165) is 43.3 Å². The van der Waals surface area contributed by atoms with Gasteiger partial charge in [0.25, 0.3) is 5.69 Å². The number of nitro groups is 1. The predicted octanol–water partition coefficient (Wildman–Crippen LogP) is 7.18. The lowest BCUT2D eigenvalue weighted by Gasteiger charge is -2.28. The van der Waals surface area contributed by atoms with Crippen molar-refractivity contribution in [3.63, 3.8) is 0 Å². The van der Waals surface area contributed by atoms with E-state index in [0.29, 0.717) is 5.11 Å². The van der Waals surface area contributed by atoms with Crippen molar-refractivity contribution >= 4 is 51.8 Å². The zero-order valence-corrected chi connectivity index (χ0v) is 24.0. The van der Waals surface area contributed by atoms with Crippen LogP contribution in [-0.4, -0.2) is 24.6 Å². The molecule has 1 saturated heterocycles. The summed E-state index contributed by atoms with van der Waals surface area (Å²) in [5.41, 5.74) is 5.34. The van der Waals surface area contributed by atoms with Gasteiger partial charge >= 0.3 is 0 Å². The highest BCUT2D eigenvalue weighted by Gasteiger charge is 2.42. The first-order valence-electron chi connectivity index (χ1n) is 12.5. The van der Waals surface area contributed by atoms with Gasteiger partial charge in [-0.25, -0.2) is 4.98 Å². The number of rotatable bonds is 7. The summed E-state index contributed by atoms with van der Waals surface area (Å²) in [4.78, 5) is 23.9. The van der Waals surface area contributed by atoms with Crippen LogP contribution in [0.4, 0.5) is 11.4 Å². The number of hydrogen-bond donors (Lipinski definition) is 1. The van der Waals surface area contributed by atoms with Crippen molar-refractivity contribution in [1.29, 1.82) is 0 Å². The number of anilines is 1. The van der Waals surface area contributed by atoms with Gasteiger partial charge in [-0.1, -0.05) is 17.8 Å². The molecule has 0 radical (unpaired) electrons. The molecular formula is C29H24N6O2S3. The molecule has 6 rings (SSSR count). The number of thiazole rings is 1. The molecular weight excluding hydrogens is 561 g/mol. The van der Waals surface area contributed by atoms with Crippen LogP contribution in [0.25, 0.3) is 5.13 Å². The Hall–Kier alpha value is -4.06. The number of thiocarbonyl (C=S) groups is 1. The Morgan fingerprint density at radius 2 is 1.73 bits per heavy atom. The molecule has 0 amide bonds. The standard InChI is InChI=1S/C29H24N6O2S3/c1-18-17-24(19(2)33(18)29-31-15-16-39-29)27-26(25-5-3-4-14-30-25)32-28(38)34(27)20-6-10-22(11-7-20)40-23-12-8-21(9-13-23)35(36)37/h3-17,26-27H,1-2H3,(H,32,38)/t26-,27+/m1/s1. The number of aryl methyl sites for hydroxylation is 1. The van der Waals surface area contributed by atoms with E-state index in [1.807, 2.05) is 48.1 Å². The molecule has 2 atom stereocenters. The highest BCUT2D eigenvalue weighted by molar-refractivity contribution is 7.99. The number of nitrogens with zero attached hydrogens (tertiary/aromatic N) is 5. The Morgan fingerprint density at radius 3 is 2.35 bits per heavy atom. The van der Waals surface area contributed by atoms with Crippen molar-refractivity contribution in [3.05, 3.63) is 123 Å². The van der Waals surface area contributed by atoms with Gasteiger partial charge in [0.15, 0.2) is 10.2 Å². The average Bonchev–Trinajstić information content (AvgIpc) is 3.67. The molecule has 0 bridgehead atoms. The van der Waals surface area contributed by atoms with E-state index in [-0.39, 0.29) is 22.7 Å². The van der Waals surface area contributed by atoms with Gasteiger partial charge in [-0.3, -0.25) is 19.7 Å². The van der Waals surface area contributed by atoms with Crippen LogP contribution < -0.4 is 10.2 Å². The highest BCUT2D eigenvalue weighted by atomic mass is 32.2. The molecule has 1 aliphatic heterocycles. The Balaban J connectivity index is 1.36. The van der Waals surface area contributed by atoms with Crippen molar-refractivity contribution in [3.8, 4) is 5.13 Å². The van der Waals surface area contributed by atoms with Crippen LogP contribution in [0.2, 0.25) is 0 Å². The lowest BCUT2D eigenvalue weighted by Crippen LogP contribution is -2.29. The van der Waals surface area contributed by atoms with E-state index in [1.165, 1.54) is 12.1 Å². The highest BCUT2D eigenvalue weighted by Crippen LogP contribution is 2.44. The summed E-state index contributed by atoms with van der Waals surface area (Å²) < 4.78 is 2.19. The number of hydrogen-bond acceptors (Lipinski definition) is 7. The van der Waals surface area contributed by atoms with Gasteiger partial charge in [0, 0.05) is 56.8 Å². The summed E-state index contributed by atoms with van der Waals surface area (Å²) in [7, 11) is 0. The van der Waals surface area contributed by atoms with Crippen LogP contribution in [0.3, 0.4) is 0 Å². The first kappa shape index (κ1) is 26.2. The number of pyridine rings is 1. The largest absolute Gasteiger partial charge is 0.351 e. The zero-order valence-electron chi connectivity index (χ0n) is 21.6. The summed E-state index contributed by atoms with van der Waals surface area (Å²) in [5, 5.41) is 18.1. The molecule has 200 valence electrons. The molecule has 5 aromatic rings. The average molecular weight is 585 g/mol. The monoisotopic (exact) mass is 584 g/mol. The quantitative estimate of drug-likeness (QED) is 0.122. The minimum absolute atomic E-state index is 0.0810. The molecule has 0 unspecified atom stereocenters. The van der Waals surface area contributed by atoms with E-state index in [1.54, 1.807) is 35.2 Å². The molecule has 2 aromatic carbocycles. The lowest BCUT2D eigenvalue weighted by atomic mass is 9.96. The SMILES string of the molecule is Cc1cc([C@H]2[C@@H](c3ccccn3)NC(=S)N2c2ccc(Sc3ccc([N+](=O)[O-])cc3)cc2)c(C)n1-c1nccs1. The van der Waals surface area contributed by atoms with Gasteiger partial charge in [0.05, 0.1) is 22.7 Å². The molecule has 1 fully saturated rings. The third-order valence-corrected chi connectivity index (χ3v) is 8.98. The molecule has 3 aromatic heterocycles. The van der Waals surface area contributed by atoms with Crippen LogP contribution in [-0.2, 0) is 0 Å². The summed E-state index contributed by atoms with van der Waals surface area (Å²) in [6, 6.07) is 22.7. The smallest absolute Gasteiger partial charge is 0.269 e. The second-order valence-electron chi connectivity index (χ2n) is 9.32. The molecule has 0 aliphatic carbocycles. The number of nitro benzene ring substituents is 1. The maximum absolute atomic E-state index is 11.0. The normalized spacial score (nSPS) is 16.8. The van der Waals surface area contributed by atoms with E-state index >= 15 is 0 Å². The summed E-state index contributed by atoms with van der Waals surface area (Å²) >= 11 is 9.08. The maximum atomic E-state index is 11.0. The second kappa shape index (κ2) is 10.8. The van der Waals surface area contributed by atoms with Crippen molar-refractivity contribution in [2.75, 3.05) is 4.90 Å². The van der Waals surface area contributed by atoms with Crippen molar-refractivity contribution in [1.82, 2.24) is 19.9 Å². The van der Waals surface area contributed by atoms with Gasteiger partial charge in [-0.15, -0.1) is 11.3 Å². The van der Waals surface area contributed by atoms with E-state index in [9.17, 15) is 10.1 Å². The van der Waals surface area contributed by atoms with Crippen molar-refractivity contribution < 1.29 is 4.92 Å². The fraction of sp³-hybridized carbons (Fsp3) is 0.138. The molecule has 11 heteroatoms. The topological polar surface area (TPSA) is 89.1 Å². The number of nitrogens with one attached hydrogen (secondary N) is 1. The summed E-state index contributed by atoms with van der Waals surface area (Å²) in [6.45, 7) is 4.23. The lowest BCUT2D eigenvalue weighted by molar-refractivity contribution is -0.384. The number of benzene rings is 2. The second-order valence-corrected chi connectivity index (χ2v) is 11.7.